The molecule has 1 saturated heterocycles. The van der Waals surface area contributed by atoms with E-state index in [1.165, 1.54) is 5.69 Å². The number of carbonyl (C=O) groups excluding carboxylic acids is 1. The maximum atomic E-state index is 12.6. The van der Waals surface area contributed by atoms with E-state index in [0.717, 1.165) is 49.0 Å². The molecule has 27 heavy (non-hydrogen) atoms. The van der Waals surface area contributed by atoms with Crippen LogP contribution in [0.3, 0.4) is 0 Å². The summed E-state index contributed by atoms with van der Waals surface area (Å²) in [7, 11) is 0. The lowest BCUT2D eigenvalue weighted by molar-refractivity contribution is -0.121. The molecule has 5 nitrogen and oxygen atoms in total. The second kappa shape index (κ2) is 9.33. The Balaban J connectivity index is 1.59. The van der Waals surface area contributed by atoms with Gasteiger partial charge in [-0.2, -0.15) is 0 Å². The first-order chi connectivity index (χ1) is 13.0. The van der Waals surface area contributed by atoms with Gasteiger partial charge in [0.1, 0.15) is 5.01 Å². The minimum absolute atomic E-state index is 0.0103. The number of nitrogens with one attached hydrogen (secondary N) is 1. The zero-order valence-electron chi connectivity index (χ0n) is 16.4. The van der Waals surface area contributed by atoms with Gasteiger partial charge in [-0.25, -0.2) is 4.98 Å². The zero-order chi connectivity index (χ0) is 19.2. The molecule has 6 heteroatoms. The van der Waals surface area contributed by atoms with Crippen molar-refractivity contribution in [3.05, 3.63) is 45.9 Å². The van der Waals surface area contributed by atoms with Crippen molar-refractivity contribution in [2.75, 3.05) is 31.2 Å². The summed E-state index contributed by atoms with van der Waals surface area (Å²) in [5, 5.41) is 6.22. The van der Waals surface area contributed by atoms with E-state index < -0.39 is 0 Å². The Morgan fingerprint density at radius 1 is 1.26 bits per heavy atom. The third-order valence-electron chi connectivity index (χ3n) is 4.65. The maximum absolute atomic E-state index is 12.6. The number of aromatic nitrogens is 1. The summed E-state index contributed by atoms with van der Waals surface area (Å²) in [6.07, 6.45) is 1.29. The van der Waals surface area contributed by atoms with Gasteiger partial charge in [-0.1, -0.05) is 26.0 Å². The molecule has 0 spiro atoms. The van der Waals surface area contributed by atoms with E-state index in [1.54, 1.807) is 11.3 Å². The zero-order valence-corrected chi connectivity index (χ0v) is 17.2. The van der Waals surface area contributed by atoms with Crippen molar-refractivity contribution in [2.45, 2.75) is 39.7 Å². The quantitative estimate of drug-likeness (QED) is 0.786. The van der Waals surface area contributed by atoms with Gasteiger partial charge in [0.05, 0.1) is 25.7 Å². The van der Waals surface area contributed by atoms with Gasteiger partial charge in [0.15, 0.2) is 0 Å². The van der Waals surface area contributed by atoms with Crippen molar-refractivity contribution >= 4 is 22.9 Å². The van der Waals surface area contributed by atoms with Crippen LogP contribution < -0.4 is 10.2 Å². The molecule has 1 aromatic carbocycles. The topological polar surface area (TPSA) is 54.5 Å². The molecule has 1 aliphatic rings. The SMILES string of the molecule is Cc1csc(C(CC(C)C)NC(=O)Cc2ccc(N3CCOCC3)cc2)n1. The second-order valence-electron chi connectivity index (χ2n) is 7.52. The first kappa shape index (κ1) is 19.8. The van der Waals surface area contributed by atoms with Crippen LogP contribution >= 0.6 is 11.3 Å². The molecule has 3 rings (SSSR count). The monoisotopic (exact) mass is 387 g/mol. The number of hydrogen-bond acceptors (Lipinski definition) is 5. The molecular formula is C21H29N3O2S. The molecule has 1 aliphatic heterocycles. The lowest BCUT2D eigenvalue weighted by Gasteiger charge is -2.28. The number of benzene rings is 1. The van der Waals surface area contributed by atoms with E-state index in [1.807, 2.05) is 12.3 Å². The average Bonchev–Trinajstić information content (AvgIpc) is 3.08. The van der Waals surface area contributed by atoms with E-state index in [9.17, 15) is 4.79 Å². The lowest BCUT2D eigenvalue weighted by Crippen LogP contribution is -2.36. The summed E-state index contributed by atoms with van der Waals surface area (Å²) in [6.45, 7) is 9.72. The summed E-state index contributed by atoms with van der Waals surface area (Å²) >= 11 is 1.62. The van der Waals surface area contributed by atoms with Crippen LogP contribution in [0.25, 0.3) is 0 Å². The van der Waals surface area contributed by atoms with E-state index >= 15 is 0 Å². The first-order valence-electron chi connectivity index (χ1n) is 9.64. The predicted octanol–water partition coefficient (Wildman–Crippen LogP) is 3.73. The van der Waals surface area contributed by atoms with Crippen LogP contribution in [0.15, 0.2) is 29.6 Å². The van der Waals surface area contributed by atoms with Crippen LogP contribution in [0.1, 0.15) is 42.6 Å². The number of rotatable bonds is 7. The van der Waals surface area contributed by atoms with Crippen molar-refractivity contribution in [2.24, 2.45) is 5.92 Å². The highest BCUT2D eigenvalue weighted by molar-refractivity contribution is 7.09. The molecule has 2 aromatic rings. The Bertz CT molecular complexity index is 736. The van der Waals surface area contributed by atoms with E-state index in [-0.39, 0.29) is 11.9 Å². The van der Waals surface area contributed by atoms with E-state index in [0.29, 0.717) is 12.3 Å². The number of nitrogens with zero attached hydrogens (tertiary/aromatic N) is 2. The molecule has 1 aromatic heterocycles. The van der Waals surface area contributed by atoms with Crippen molar-refractivity contribution < 1.29 is 9.53 Å². The second-order valence-corrected chi connectivity index (χ2v) is 8.41. The van der Waals surface area contributed by atoms with Gasteiger partial charge in [0, 0.05) is 29.9 Å². The molecule has 0 radical (unpaired) electrons. The third kappa shape index (κ3) is 5.78. The molecule has 1 fully saturated rings. The summed E-state index contributed by atoms with van der Waals surface area (Å²) in [4.78, 5) is 19.5. The van der Waals surface area contributed by atoms with E-state index in [4.69, 9.17) is 4.74 Å². The molecule has 0 aliphatic carbocycles. The smallest absolute Gasteiger partial charge is 0.224 e. The Morgan fingerprint density at radius 3 is 2.56 bits per heavy atom. The number of aryl methyl sites for hydroxylation is 1. The number of ether oxygens (including phenoxy) is 1. The summed E-state index contributed by atoms with van der Waals surface area (Å²) < 4.78 is 5.40. The van der Waals surface area contributed by atoms with Gasteiger partial charge in [-0.05, 0) is 37.0 Å². The molecule has 1 N–H and O–H groups in total. The van der Waals surface area contributed by atoms with Gasteiger partial charge in [-0.3, -0.25) is 4.79 Å². The minimum atomic E-state index is -0.0103. The van der Waals surface area contributed by atoms with Crippen LogP contribution in [0.4, 0.5) is 5.69 Å². The number of morpholine rings is 1. The Kier molecular flexibility index (Phi) is 6.85. The molecule has 0 saturated carbocycles. The molecule has 1 amide bonds. The van der Waals surface area contributed by atoms with Gasteiger partial charge in [0.2, 0.25) is 5.91 Å². The van der Waals surface area contributed by atoms with E-state index in [2.05, 4.69) is 53.3 Å². The average molecular weight is 388 g/mol. The van der Waals surface area contributed by atoms with Gasteiger partial charge in [-0.15, -0.1) is 11.3 Å². The highest BCUT2D eigenvalue weighted by atomic mass is 32.1. The Morgan fingerprint density at radius 2 is 1.96 bits per heavy atom. The minimum Gasteiger partial charge on any atom is -0.378 e. The van der Waals surface area contributed by atoms with Crippen molar-refractivity contribution in [3.63, 3.8) is 0 Å². The third-order valence-corrected chi connectivity index (χ3v) is 5.73. The highest BCUT2D eigenvalue weighted by Gasteiger charge is 2.19. The summed E-state index contributed by atoms with van der Waals surface area (Å²) in [5.74, 6) is 0.542. The fourth-order valence-electron chi connectivity index (χ4n) is 3.30. The predicted molar refractivity (Wildman–Crippen MR) is 110 cm³/mol. The van der Waals surface area contributed by atoms with Gasteiger partial charge >= 0.3 is 0 Å². The number of thiazole rings is 1. The van der Waals surface area contributed by atoms with Gasteiger partial charge in [0.25, 0.3) is 0 Å². The van der Waals surface area contributed by atoms with Crippen molar-refractivity contribution in [3.8, 4) is 0 Å². The molecule has 1 atom stereocenters. The van der Waals surface area contributed by atoms with Crippen LogP contribution in [-0.4, -0.2) is 37.2 Å². The van der Waals surface area contributed by atoms with Gasteiger partial charge < -0.3 is 15.0 Å². The standard InChI is InChI=1S/C21H29N3O2S/c1-15(2)12-19(21-22-16(3)14-27-21)23-20(25)13-17-4-6-18(7-5-17)24-8-10-26-11-9-24/h4-7,14-15,19H,8-13H2,1-3H3,(H,23,25). The van der Waals surface area contributed by atoms with Crippen LogP contribution in [-0.2, 0) is 16.0 Å². The number of hydrogen-bond donors (Lipinski definition) is 1. The molecule has 0 bridgehead atoms. The van der Waals surface area contributed by atoms with Crippen LogP contribution in [0.2, 0.25) is 0 Å². The summed E-state index contributed by atoms with van der Waals surface area (Å²) in [5.41, 5.74) is 3.23. The Labute approximate surface area is 165 Å². The maximum Gasteiger partial charge on any atom is 0.224 e. The van der Waals surface area contributed by atoms with Crippen molar-refractivity contribution in [1.82, 2.24) is 10.3 Å². The number of carbonyl (C=O) groups is 1. The lowest BCUT2D eigenvalue weighted by atomic mass is 10.0. The Hall–Kier alpha value is -1.92. The van der Waals surface area contributed by atoms with Crippen molar-refractivity contribution in [1.29, 1.82) is 0 Å². The number of amides is 1. The first-order valence-corrected chi connectivity index (χ1v) is 10.5. The molecular weight excluding hydrogens is 358 g/mol. The van der Waals surface area contributed by atoms with Crippen LogP contribution in [0.5, 0.6) is 0 Å². The molecule has 146 valence electrons. The fourth-order valence-corrected chi connectivity index (χ4v) is 4.16. The molecule has 1 unspecified atom stereocenters. The number of anilines is 1. The molecule has 2 heterocycles. The van der Waals surface area contributed by atoms with Crippen LogP contribution in [0, 0.1) is 12.8 Å². The normalized spacial score (nSPS) is 15.8. The summed E-state index contributed by atoms with van der Waals surface area (Å²) in [6, 6.07) is 8.29. The highest BCUT2D eigenvalue weighted by Crippen LogP contribution is 2.25. The fraction of sp³-hybridized carbons (Fsp3) is 0.524. The largest absolute Gasteiger partial charge is 0.378 e.